The Bertz CT molecular complexity index is 823. The summed E-state index contributed by atoms with van der Waals surface area (Å²) < 4.78 is 2.22. The summed E-state index contributed by atoms with van der Waals surface area (Å²) in [5.41, 5.74) is 4.82. The lowest BCUT2D eigenvalue weighted by Crippen LogP contribution is -2.22. The summed E-state index contributed by atoms with van der Waals surface area (Å²) in [6, 6.07) is 14.5. The van der Waals surface area contributed by atoms with Crippen LogP contribution in [0.25, 0.3) is 11.0 Å². The summed E-state index contributed by atoms with van der Waals surface area (Å²) in [5.74, 6) is 1.84. The predicted molar refractivity (Wildman–Crippen MR) is 87.2 cm³/mol. The van der Waals surface area contributed by atoms with Crippen molar-refractivity contribution in [1.82, 2.24) is 9.55 Å². The molecule has 4 heteroatoms. The molecule has 1 unspecified atom stereocenters. The van der Waals surface area contributed by atoms with Gasteiger partial charge in [0.1, 0.15) is 11.3 Å². The van der Waals surface area contributed by atoms with Crippen molar-refractivity contribution in [1.29, 1.82) is 0 Å². The normalized spacial score (nSPS) is 16.8. The van der Waals surface area contributed by atoms with E-state index in [4.69, 9.17) is 23.2 Å². The number of alkyl halides is 1. The molecule has 2 aromatic carbocycles. The Morgan fingerprint density at radius 1 is 1.14 bits per heavy atom. The Kier molecular flexibility index (Phi) is 3.16. The van der Waals surface area contributed by atoms with Crippen molar-refractivity contribution in [3.05, 3.63) is 64.4 Å². The van der Waals surface area contributed by atoms with E-state index in [-0.39, 0.29) is 0 Å². The van der Waals surface area contributed by atoms with Crippen molar-refractivity contribution in [2.45, 2.75) is 24.8 Å². The van der Waals surface area contributed by atoms with Crippen molar-refractivity contribution in [2.24, 2.45) is 0 Å². The molecule has 0 spiro atoms. The molecule has 1 aromatic heterocycles. The van der Waals surface area contributed by atoms with Gasteiger partial charge in [-0.05, 0) is 29.7 Å². The molecule has 0 saturated heterocycles. The van der Waals surface area contributed by atoms with Gasteiger partial charge in [0.05, 0.1) is 16.4 Å². The first kappa shape index (κ1) is 13.2. The first-order chi connectivity index (χ1) is 10.3. The van der Waals surface area contributed by atoms with Gasteiger partial charge in [-0.1, -0.05) is 41.9 Å². The lowest BCUT2D eigenvalue weighted by Gasteiger charge is -2.31. The zero-order valence-electron chi connectivity index (χ0n) is 11.4. The van der Waals surface area contributed by atoms with Crippen LogP contribution in [-0.2, 0) is 18.8 Å². The van der Waals surface area contributed by atoms with Gasteiger partial charge in [0.25, 0.3) is 0 Å². The molecule has 1 atom stereocenters. The molecule has 1 aliphatic carbocycles. The summed E-state index contributed by atoms with van der Waals surface area (Å²) in [6.45, 7) is 0.913. The molecule has 0 fully saturated rings. The quantitative estimate of drug-likeness (QED) is 0.636. The van der Waals surface area contributed by atoms with Crippen LogP contribution in [-0.4, -0.2) is 9.55 Å². The van der Waals surface area contributed by atoms with Crippen molar-refractivity contribution in [3.8, 4) is 0 Å². The van der Waals surface area contributed by atoms with E-state index in [2.05, 4.69) is 39.9 Å². The lowest BCUT2D eigenvalue weighted by molar-refractivity contribution is 0.508. The zero-order valence-corrected chi connectivity index (χ0v) is 12.9. The molecule has 0 amide bonds. The minimum Gasteiger partial charge on any atom is -0.326 e. The molecule has 0 radical (unpaired) electrons. The smallest absolute Gasteiger partial charge is 0.124 e. The standard InChI is InChI=1S/C17H14Cl2N2/c18-9-16-20-17-14(19)6-3-7-15(17)21(16)10-12-8-11-4-1-2-5-13(11)12/h1-7,12H,8-10H2. The fraction of sp³-hybridized carbons (Fsp3) is 0.235. The van der Waals surface area contributed by atoms with E-state index >= 15 is 0 Å². The summed E-state index contributed by atoms with van der Waals surface area (Å²) in [4.78, 5) is 4.60. The molecular weight excluding hydrogens is 303 g/mol. The highest BCUT2D eigenvalue weighted by molar-refractivity contribution is 6.35. The van der Waals surface area contributed by atoms with Crippen LogP contribution in [0.15, 0.2) is 42.5 Å². The van der Waals surface area contributed by atoms with Crippen LogP contribution in [0.2, 0.25) is 5.02 Å². The topological polar surface area (TPSA) is 17.8 Å². The highest BCUT2D eigenvalue weighted by Crippen LogP contribution is 2.37. The van der Waals surface area contributed by atoms with Crippen LogP contribution in [0, 0.1) is 0 Å². The number of hydrogen-bond acceptors (Lipinski definition) is 1. The van der Waals surface area contributed by atoms with Crippen molar-refractivity contribution >= 4 is 34.2 Å². The van der Waals surface area contributed by atoms with Crippen LogP contribution >= 0.6 is 23.2 Å². The summed E-state index contributed by atoms with van der Waals surface area (Å²) in [6.07, 6.45) is 1.12. The number of fused-ring (bicyclic) bond motifs is 2. The number of para-hydroxylation sites is 1. The molecule has 1 heterocycles. The monoisotopic (exact) mass is 316 g/mol. The Balaban J connectivity index is 1.76. The van der Waals surface area contributed by atoms with Gasteiger partial charge in [-0.3, -0.25) is 0 Å². The number of aromatic nitrogens is 2. The third-order valence-corrected chi connectivity index (χ3v) is 4.84. The van der Waals surface area contributed by atoms with Crippen LogP contribution in [0.5, 0.6) is 0 Å². The van der Waals surface area contributed by atoms with Gasteiger partial charge >= 0.3 is 0 Å². The molecule has 0 N–H and O–H groups in total. The summed E-state index contributed by atoms with van der Waals surface area (Å²) >= 11 is 12.3. The SMILES string of the molecule is ClCc1nc2c(Cl)cccc2n1CC1Cc2ccccc21. The molecule has 0 saturated carbocycles. The van der Waals surface area contributed by atoms with Gasteiger partial charge < -0.3 is 4.57 Å². The van der Waals surface area contributed by atoms with Gasteiger partial charge in [-0.2, -0.15) is 0 Å². The fourth-order valence-electron chi connectivity index (χ4n) is 3.21. The molecule has 21 heavy (non-hydrogen) atoms. The molecule has 0 bridgehead atoms. The second-order valence-electron chi connectivity index (χ2n) is 5.48. The average Bonchev–Trinajstić information content (AvgIpc) is 2.84. The van der Waals surface area contributed by atoms with Gasteiger partial charge in [0.2, 0.25) is 0 Å². The average molecular weight is 317 g/mol. The molecule has 106 valence electrons. The first-order valence-corrected chi connectivity index (χ1v) is 7.96. The third kappa shape index (κ3) is 2.05. The Morgan fingerprint density at radius 3 is 2.81 bits per heavy atom. The molecule has 3 aromatic rings. The summed E-state index contributed by atoms with van der Waals surface area (Å²) in [5, 5.41) is 0.687. The van der Waals surface area contributed by atoms with Gasteiger partial charge in [-0.15, -0.1) is 11.6 Å². The first-order valence-electron chi connectivity index (χ1n) is 7.05. The van der Waals surface area contributed by atoms with Crippen LogP contribution in [0.1, 0.15) is 22.9 Å². The Hall–Kier alpha value is -1.51. The van der Waals surface area contributed by atoms with Crippen molar-refractivity contribution in [2.75, 3.05) is 0 Å². The van der Waals surface area contributed by atoms with Crippen molar-refractivity contribution in [3.63, 3.8) is 0 Å². The van der Waals surface area contributed by atoms with Crippen LogP contribution in [0.3, 0.4) is 0 Å². The van der Waals surface area contributed by atoms with E-state index in [0.29, 0.717) is 16.8 Å². The van der Waals surface area contributed by atoms with Gasteiger partial charge in [0, 0.05) is 12.5 Å². The number of rotatable bonds is 3. The maximum atomic E-state index is 6.25. The van der Waals surface area contributed by atoms with E-state index in [9.17, 15) is 0 Å². The molecule has 1 aliphatic rings. The number of benzene rings is 2. The maximum Gasteiger partial charge on any atom is 0.124 e. The predicted octanol–water partition coefficient (Wildman–Crippen LogP) is 4.77. The van der Waals surface area contributed by atoms with E-state index in [1.807, 2.05) is 12.1 Å². The number of hydrogen-bond donors (Lipinski definition) is 0. The number of nitrogens with zero attached hydrogens (tertiary/aromatic N) is 2. The van der Waals surface area contributed by atoms with E-state index in [1.54, 1.807) is 0 Å². The number of imidazole rings is 1. The fourth-order valence-corrected chi connectivity index (χ4v) is 3.63. The largest absolute Gasteiger partial charge is 0.326 e. The van der Waals surface area contributed by atoms with Crippen LogP contribution in [0.4, 0.5) is 0 Å². The minimum absolute atomic E-state index is 0.402. The van der Waals surface area contributed by atoms with Gasteiger partial charge in [-0.25, -0.2) is 4.98 Å². The van der Waals surface area contributed by atoms with E-state index in [1.165, 1.54) is 11.1 Å². The minimum atomic E-state index is 0.402. The second kappa shape index (κ2) is 5.04. The van der Waals surface area contributed by atoms with E-state index < -0.39 is 0 Å². The zero-order chi connectivity index (χ0) is 14.4. The molecule has 0 aliphatic heterocycles. The second-order valence-corrected chi connectivity index (χ2v) is 6.15. The highest BCUT2D eigenvalue weighted by Gasteiger charge is 2.27. The Labute approximate surface area is 133 Å². The highest BCUT2D eigenvalue weighted by atomic mass is 35.5. The molecular formula is C17H14Cl2N2. The van der Waals surface area contributed by atoms with Gasteiger partial charge in [0.15, 0.2) is 0 Å². The Morgan fingerprint density at radius 2 is 2.00 bits per heavy atom. The van der Waals surface area contributed by atoms with Crippen molar-refractivity contribution < 1.29 is 0 Å². The molecule has 2 nitrogen and oxygen atoms in total. The lowest BCUT2D eigenvalue weighted by atomic mass is 9.77. The summed E-state index contributed by atoms with van der Waals surface area (Å²) in [7, 11) is 0. The number of halogens is 2. The third-order valence-electron chi connectivity index (χ3n) is 4.29. The van der Waals surface area contributed by atoms with Crippen LogP contribution < -0.4 is 0 Å². The molecule has 4 rings (SSSR count). The maximum absolute atomic E-state index is 6.25. The van der Waals surface area contributed by atoms with E-state index in [0.717, 1.165) is 29.8 Å².